The lowest BCUT2D eigenvalue weighted by molar-refractivity contribution is -0.0237. The molecular weight excluding hydrogens is 273 g/mol. The number of ether oxygens (including phenoxy) is 2. The molecule has 0 aliphatic carbocycles. The van der Waals surface area contributed by atoms with Gasteiger partial charge in [-0.1, -0.05) is 26.7 Å². The van der Waals surface area contributed by atoms with Crippen LogP contribution in [0.5, 0.6) is 0 Å². The lowest BCUT2D eigenvalue weighted by atomic mass is 9.96. The van der Waals surface area contributed by atoms with Gasteiger partial charge in [0.25, 0.3) is 0 Å². The van der Waals surface area contributed by atoms with Gasteiger partial charge < -0.3 is 18.6 Å². The standard InChI is InChI=1S/C13H25B2O4P/c1-3-5-7-17-10-12-11(9-13(14)18-12)19-20(15,16)8-6-4-2/h11-13H,3-10H2,1-2H3/t11-,12?,13-,20?/m1/s1. The van der Waals surface area contributed by atoms with Crippen molar-refractivity contribution >= 4 is 22.7 Å². The molecule has 4 radical (unpaired) electrons. The molecule has 1 fully saturated rings. The molecule has 1 rings (SSSR count). The van der Waals surface area contributed by atoms with Gasteiger partial charge in [-0.2, -0.15) is 0 Å². The van der Waals surface area contributed by atoms with E-state index in [1.54, 1.807) is 0 Å². The number of hydrogen-bond acceptors (Lipinski definition) is 4. The van der Waals surface area contributed by atoms with E-state index in [2.05, 4.69) is 6.92 Å². The van der Waals surface area contributed by atoms with Crippen molar-refractivity contribution in [2.45, 2.75) is 64.2 Å². The van der Waals surface area contributed by atoms with Gasteiger partial charge in [-0.05, 0) is 19.3 Å². The van der Waals surface area contributed by atoms with Crippen LogP contribution in [0.1, 0.15) is 46.0 Å². The first kappa shape index (κ1) is 18.3. The molecule has 1 saturated heterocycles. The summed E-state index contributed by atoms with van der Waals surface area (Å²) in [5.74, 6) is 0. The van der Waals surface area contributed by atoms with Crippen LogP contribution in [-0.2, 0) is 18.6 Å². The highest BCUT2D eigenvalue weighted by molar-refractivity contribution is 7.83. The monoisotopic (exact) mass is 298 g/mol. The van der Waals surface area contributed by atoms with E-state index in [-0.39, 0.29) is 12.2 Å². The Bertz CT molecular complexity index is 317. The van der Waals surface area contributed by atoms with E-state index in [0.717, 1.165) is 25.7 Å². The molecule has 0 aromatic carbocycles. The molecule has 2 unspecified atom stereocenters. The van der Waals surface area contributed by atoms with E-state index in [1.807, 2.05) is 6.92 Å². The molecule has 1 aliphatic rings. The molecule has 1 aliphatic heterocycles. The molecule has 7 heteroatoms. The first-order valence-electron chi connectivity index (χ1n) is 7.53. The summed E-state index contributed by atoms with van der Waals surface area (Å²) in [5.41, 5.74) is 0. The Balaban J connectivity index is 2.42. The number of hydrogen-bond donors (Lipinski definition) is 0. The highest BCUT2D eigenvalue weighted by Gasteiger charge is 2.36. The predicted molar refractivity (Wildman–Crippen MR) is 82.8 cm³/mol. The van der Waals surface area contributed by atoms with Crippen molar-refractivity contribution in [3.8, 4) is 0 Å². The van der Waals surface area contributed by atoms with Crippen LogP contribution in [0, 0.1) is 0 Å². The highest BCUT2D eigenvalue weighted by Crippen LogP contribution is 2.46. The Kier molecular flexibility index (Phi) is 8.50. The van der Waals surface area contributed by atoms with Gasteiger partial charge in [0.05, 0.1) is 12.7 Å². The van der Waals surface area contributed by atoms with Crippen LogP contribution in [0.25, 0.3) is 0 Å². The van der Waals surface area contributed by atoms with E-state index >= 15 is 0 Å². The minimum atomic E-state index is -3.06. The summed E-state index contributed by atoms with van der Waals surface area (Å²) in [6.07, 6.45) is 4.13. The molecule has 0 aromatic heterocycles. The van der Waals surface area contributed by atoms with Crippen LogP contribution in [-0.4, -0.2) is 53.0 Å². The quantitative estimate of drug-likeness (QED) is 0.353. The molecule has 20 heavy (non-hydrogen) atoms. The fourth-order valence-electron chi connectivity index (χ4n) is 2.11. The lowest BCUT2D eigenvalue weighted by Gasteiger charge is -2.23. The normalized spacial score (nSPS) is 29.4. The summed E-state index contributed by atoms with van der Waals surface area (Å²) in [6.45, 7) is 5.23. The number of unbranched alkanes of at least 4 members (excludes halogenated alkanes) is 2. The highest BCUT2D eigenvalue weighted by atomic mass is 31.2. The van der Waals surface area contributed by atoms with Crippen LogP contribution >= 0.6 is 7.25 Å². The third-order valence-electron chi connectivity index (χ3n) is 3.29. The third-order valence-corrected chi connectivity index (χ3v) is 4.86. The Hall–Kier alpha value is 0.240. The average Bonchev–Trinajstić information content (AvgIpc) is 2.72. The van der Waals surface area contributed by atoms with Gasteiger partial charge in [-0.25, -0.2) is 0 Å². The zero-order valence-corrected chi connectivity index (χ0v) is 13.5. The molecule has 4 nitrogen and oxygen atoms in total. The Labute approximate surface area is 125 Å². The van der Waals surface area contributed by atoms with Gasteiger partial charge in [-0.15, -0.1) is 0 Å². The van der Waals surface area contributed by atoms with Crippen molar-refractivity contribution in [3.63, 3.8) is 0 Å². The Morgan fingerprint density at radius 2 is 2.00 bits per heavy atom. The molecule has 0 amide bonds. The maximum atomic E-state index is 12.2. The minimum Gasteiger partial charge on any atom is -0.380 e. The van der Waals surface area contributed by atoms with Crippen molar-refractivity contribution in [1.82, 2.24) is 0 Å². The summed E-state index contributed by atoms with van der Waals surface area (Å²) in [7, 11) is 8.48. The van der Waals surface area contributed by atoms with Crippen LogP contribution in [0.4, 0.5) is 0 Å². The zero-order chi connectivity index (χ0) is 15.0. The minimum absolute atomic E-state index is 0.277. The fourth-order valence-corrected chi connectivity index (χ4v) is 3.65. The van der Waals surface area contributed by atoms with Gasteiger partial charge >= 0.3 is 0 Å². The summed E-state index contributed by atoms with van der Waals surface area (Å²) in [4.78, 5) is 0. The van der Waals surface area contributed by atoms with Gasteiger partial charge in [0.1, 0.15) is 21.2 Å². The van der Waals surface area contributed by atoms with Crippen molar-refractivity contribution in [2.24, 2.45) is 0 Å². The Morgan fingerprint density at radius 1 is 1.30 bits per heavy atom. The van der Waals surface area contributed by atoms with Crippen molar-refractivity contribution in [3.05, 3.63) is 0 Å². The van der Waals surface area contributed by atoms with Gasteiger partial charge in [-0.3, -0.25) is 0 Å². The molecule has 0 bridgehead atoms. The topological polar surface area (TPSA) is 44.8 Å². The summed E-state index contributed by atoms with van der Waals surface area (Å²) in [6, 6.07) is -0.397. The molecule has 4 atom stereocenters. The Morgan fingerprint density at radius 3 is 2.65 bits per heavy atom. The largest absolute Gasteiger partial charge is 0.380 e. The first-order valence-corrected chi connectivity index (χ1v) is 9.41. The van der Waals surface area contributed by atoms with Gasteiger partial charge in [0.15, 0.2) is 0 Å². The van der Waals surface area contributed by atoms with Crippen molar-refractivity contribution in [1.29, 1.82) is 0 Å². The molecule has 0 saturated carbocycles. The predicted octanol–water partition coefficient (Wildman–Crippen LogP) is 2.63. The second-order valence-electron chi connectivity index (χ2n) is 5.32. The molecule has 1 heterocycles. The van der Waals surface area contributed by atoms with Gasteiger partial charge in [0.2, 0.25) is 7.57 Å². The summed E-state index contributed by atoms with van der Waals surface area (Å²) in [5, 5.41) is 0. The van der Waals surface area contributed by atoms with Crippen LogP contribution in [0.2, 0.25) is 0 Å². The van der Waals surface area contributed by atoms with Gasteiger partial charge in [0, 0.05) is 18.8 Å². The van der Waals surface area contributed by atoms with Crippen LogP contribution in [0.15, 0.2) is 0 Å². The first-order chi connectivity index (χ1) is 9.48. The van der Waals surface area contributed by atoms with Crippen molar-refractivity contribution in [2.75, 3.05) is 19.4 Å². The second-order valence-corrected chi connectivity index (χ2v) is 7.43. The maximum Gasteiger partial charge on any atom is 0.202 e. The van der Waals surface area contributed by atoms with E-state index < -0.39 is 13.3 Å². The smallest absolute Gasteiger partial charge is 0.202 e. The van der Waals surface area contributed by atoms with E-state index in [9.17, 15) is 4.57 Å². The van der Waals surface area contributed by atoms with E-state index in [1.165, 1.54) is 0 Å². The van der Waals surface area contributed by atoms with Crippen molar-refractivity contribution < 1.29 is 18.6 Å². The fraction of sp³-hybridized carbons (Fsp3) is 1.00. The van der Waals surface area contributed by atoms with E-state index in [0.29, 0.717) is 25.8 Å². The molecule has 0 aromatic rings. The molecule has 0 N–H and O–H groups in total. The maximum absolute atomic E-state index is 12.2. The molecular formula is C13H25B2O4P. The zero-order valence-electron chi connectivity index (χ0n) is 12.6. The summed E-state index contributed by atoms with van der Waals surface area (Å²) >= 11 is 0. The number of rotatable bonds is 10. The van der Waals surface area contributed by atoms with E-state index in [4.69, 9.17) is 29.4 Å². The average molecular weight is 298 g/mol. The van der Waals surface area contributed by atoms with Crippen LogP contribution in [0.3, 0.4) is 0 Å². The molecule has 112 valence electrons. The second kappa shape index (κ2) is 9.30. The SMILES string of the molecule is [B][C@H]1C[C@@H](OP([B])(=O)CCCC)C(COCCCC)O1. The lowest BCUT2D eigenvalue weighted by Crippen LogP contribution is -2.29. The molecule has 0 spiro atoms. The summed E-state index contributed by atoms with van der Waals surface area (Å²) < 4.78 is 28.9. The third kappa shape index (κ3) is 6.80. The van der Waals surface area contributed by atoms with Crippen LogP contribution < -0.4 is 0 Å².